The highest BCUT2D eigenvalue weighted by atomic mass is 16.6. The van der Waals surface area contributed by atoms with Gasteiger partial charge < -0.3 is 19.1 Å². The lowest BCUT2D eigenvalue weighted by molar-refractivity contribution is -0.140. The number of carbonyl (C=O) groups is 3. The third kappa shape index (κ3) is 6.79. The van der Waals surface area contributed by atoms with Gasteiger partial charge in [-0.1, -0.05) is 6.92 Å². The van der Waals surface area contributed by atoms with E-state index in [0.717, 1.165) is 23.7 Å². The molecule has 0 radical (unpaired) electrons. The lowest BCUT2D eigenvalue weighted by Gasteiger charge is -2.28. The van der Waals surface area contributed by atoms with E-state index in [9.17, 15) is 19.5 Å². The number of ether oxygens (including phenoxy) is 2. The molecule has 9 nitrogen and oxygen atoms in total. The van der Waals surface area contributed by atoms with E-state index in [2.05, 4.69) is 16.5 Å². The minimum absolute atomic E-state index is 0.0880. The van der Waals surface area contributed by atoms with Crippen LogP contribution in [0.15, 0.2) is 12.5 Å². The van der Waals surface area contributed by atoms with Crippen molar-refractivity contribution in [2.24, 2.45) is 11.8 Å². The maximum Gasteiger partial charge on any atom is 0.419 e. The first kappa shape index (κ1) is 28.0. The van der Waals surface area contributed by atoms with E-state index in [1.165, 1.54) is 12.8 Å². The van der Waals surface area contributed by atoms with Gasteiger partial charge in [0, 0.05) is 18.8 Å². The zero-order valence-electron chi connectivity index (χ0n) is 22.9. The molecule has 2 atom stereocenters. The Hall–Kier alpha value is -2.58. The molecule has 9 heteroatoms. The van der Waals surface area contributed by atoms with Crippen molar-refractivity contribution >= 4 is 18.2 Å². The Balaban J connectivity index is 1.64. The minimum Gasteiger partial charge on any atom is -0.481 e. The van der Waals surface area contributed by atoms with Gasteiger partial charge in [0.15, 0.2) is 0 Å². The number of aliphatic carboxylic acids is 1. The summed E-state index contributed by atoms with van der Waals surface area (Å²) < 4.78 is 12.9. The SMILES string of the molecule is CC(C)(C)OC(=O)N(CCCC1CC1(C(=O)O)c1cn([C@H]2CC[C@H](C)CC2)cn1)C(=O)OC(C)(C)C. The van der Waals surface area contributed by atoms with Gasteiger partial charge in [0.25, 0.3) is 0 Å². The molecule has 1 heterocycles. The fraction of sp³-hybridized carbons (Fsp3) is 0.778. The zero-order chi connectivity index (χ0) is 26.9. The molecule has 1 aromatic rings. The number of carboxylic acids is 1. The number of imide groups is 1. The molecule has 2 unspecified atom stereocenters. The molecule has 0 saturated heterocycles. The van der Waals surface area contributed by atoms with Crippen LogP contribution in [0.3, 0.4) is 0 Å². The fourth-order valence-corrected chi connectivity index (χ4v) is 5.06. The number of rotatable bonds is 7. The topological polar surface area (TPSA) is 111 Å². The highest BCUT2D eigenvalue weighted by molar-refractivity contribution is 5.88. The summed E-state index contributed by atoms with van der Waals surface area (Å²) in [5.41, 5.74) is -1.92. The predicted molar refractivity (Wildman–Crippen MR) is 135 cm³/mol. The van der Waals surface area contributed by atoms with Crippen LogP contribution in [-0.4, -0.2) is 55.5 Å². The fourth-order valence-electron chi connectivity index (χ4n) is 5.06. The summed E-state index contributed by atoms with van der Waals surface area (Å²) in [6.07, 6.45) is 8.19. The van der Waals surface area contributed by atoms with E-state index in [0.29, 0.717) is 31.0 Å². The molecule has 0 bridgehead atoms. The maximum absolute atomic E-state index is 12.7. The standard InChI is InChI=1S/C27H43N3O6/c1-18-10-12-20(13-11-18)29-16-21(28-17-29)27(22(31)32)15-19(27)9-8-14-30(23(33)35-25(2,3)4)24(34)36-26(5,6)7/h16-20H,8-15H2,1-7H3,(H,31,32)/t18-,19?,20-,27?. The number of hydrogen-bond donors (Lipinski definition) is 1. The molecule has 2 saturated carbocycles. The van der Waals surface area contributed by atoms with Gasteiger partial charge in [0.2, 0.25) is 0 Å². The first-order valence-corrected chi connectivity index (χ1v) is 13.1. The number of hydrogen-bond acceptors (Lipinski definition) is 6. The quantitative estimate of drug-likeness (QED) is 0.489. The highest BCUT2D eigenvalue weighted by Crippen LogP contribution is 2.56. The van der Waals surface area contributed by atoms with Crippen LogP contribution in [-0.2, 0) is 19.7 Å². The van der Waals surface area contributed by atoms with Crippen molar-refractivity contribution in [2.75, 3.05) is 6.54 Å². The van der Waals surface area contributed by atoms with Crippen LogP contribution in [0.5, 0.6) is 0 Å². The average Bonchev–Trinajstić information content (AvgIpc) is 3.25. The van der Waals surface area contributed by atoms with Gasteiger partial charge in [0.05, 0.1) is 12.0 Å². The molecular weight excluding hydrogens is 462 g/mol. The number of nitrogens with zero attached hydrogens (tertiary/aromatic N) is 3. The van der Waals surface area contributed by atoms with Crippen LogP contribution >= 0.6 is 0 Å². The zero-order valence-corrected chi connectivity index (χ0v) is 22.9. The van der Waals surface area contributed by atoms with Crippen LogP contribution in [0.2, 0.25) is 0 Å². The van der Waals surface area contributed by atoms with Crippen LogP contribution in [0, 0.1) is 11.8 Å². The second-order valence-corrected chi connectivity index (χ2v) is 12.6. The summed E-state index contributed by atoms with van der Waals surface area (Å²) in [5, 5.41) is 10.1. The minimum atomic E-state index is -1.00. The molecule has 202 valence electrons. The molecule has 3 rings (SSSR count). The van der Waals surface area contributed by atoms with Crippen molar-refractivity contribution < 1.29 is 29.0 Å². The second-order valence-electron chi connectivity index (χ2n) is 12.6. The highest BCUT2D eigenvalue weighted by Gasteiger charge is 2.62. The van der Waals surface area contributed by atoms with E-state index in [4.69, 9.17) is 9.47 Å². The third-order valence-corrected chi connectivity index (χ3v) is 7.11. The molecule has 1 aromatic heterocycles. The van der Waals surface area contributed by atoms with Crippen molar-refractivity contribution in [3.63, 3.8) is 0 Å². The monoisotopic (exact) mass is 505 g/mol. The number of imidazole rings is 1. The van der Waals surface area contributed by atoms with Crippen LogP contribution in [0.4, 0.5) is 9.59 Å². The largest absolute Gasteiger partial charge is 0.481 e. The third-order valence-electron chi connectivity index (χ3n) is 7.11. The van der Waals surface area contributed by atoms with E-state index in [1.807, 2.05) is 6.20 Å². The lowest BCUT2D eigenvalue weighted by atomic mass is 9.87. The maximum atomic E-state index is 12.7. The van der Waals surface area contributed by atoms with Gasteiger partial charge in [-0.15, -0.1) is 0 Å². The van der Waals surface area contributed by atoms with Gasteiger partial charge in [-0.25, -0.2) is 19.5 Å². The summed E-state index contributed by atoms with van der Waals surface area (Å²) in [6.45, 7) is 12.8. The Labute approximate surface area is 214 Å². The normalized spacial score (nSPS) is 26.2. The molecule has 2 amide bonds. The molecule has 0 spiro atoms. The molecule has 2 aliphatic carbocycles. The Morgan fingerprint density at radius 2 is 1.61 bits per heavy atom. The molecule has 36 heavy (non-hydrogen) atoms. The van der Waals surface area contributed by atoms with Crippen LogP contribution in [0.1, 0.15) is 105 Å². The Morgan fingerprint density at radius 3 is 2.11 bits per heavy atom. The smallest absolute Gasteiger partial charge is 0.419 e. The van der Waals surface area contributed by atoms with Crippen LogP contribution < -0.4 is 0 Å². The molecule has 2 aliphatic rings. The second kappa shape index (κ2) is 10.4. The van der Waals surface area contributed by atoms with Gasteiger partial charge in [0.1, 0.15) is 16.6 Å². The van der Waals surface area contributed by atoms with Crippen molar-refractivity contribution in [3.8, 4) is 0 Å². The molecular formula is C27H43N3O6. The lowest BCUT2D eigenvalue weighted by Crippen LogP contribution is -2.44. The first-order chi connectivity index (χ1) is 16.6. The predicted octanol–water partition coefficient (Wildman–Crippen LogP) is 5.93. The van der Waals surface area contributed by atoms with E-state index >= 15 is 0 Å². The number of carboxylic acid groups (broad SMARTS) is 1. The summed E-state index contributed by atoms with van der Waals surface area (Å²) in [6, 6.07) is 0.377. The van der Waals surface area contributed by atoms with E-state index in [1.54, 1.807) is 47.9 Å². The van der Waals surface area contributed by atoms with Gasteiger partial charge >= 0.3 is 18.2 Å². The molecule has 2 fully saturated rings. The molecule has 0 aliphatic heterocycles. The van der Waals surface area contributed by atoms with E-state index in [-0.39, 0.29) is 12.5 Å². The molecule has 0 aromatic carbocycles. The summed E-state index contributed by atoms with van der Waals surface area (Å²) in [5.74, 6) is -0.238. The Bertz CT molecular complexity index is 923. The summed E-state index contributed by atoms with van der Waals surface area (Å²) in [7, 11) is 0. The van der Waals surface area contributed by atoms with Crippen molar-refractivity contribution in [3.05, 3.63) is 18.2 Å². The number of carbonyl (C=O) groups excluding carboxylic acids is 2. The van der Waals surface area contributed by atoms with Crippen LogP contribution in [0.25, 0.3) is 0 Å². The average molecular weight is 506 g/mol. The Morgan fingerprint density at radius 1 is 1.06 bits per heavy atom. The number of aromatic nitrogens is 2. The van der Waals surface area contributed by atoms with Gasteiger partial charge in [-0.05, 0) is 98.3 Å². The summed E-state index contributed by atoms with van der Waals surface area (Å²) >= 11 is 0. The molecule has 1 N–H and O–H groups in total. The van der Waals surface area contributed by atoms with Crippen molar-refractivity contribution in [2.45, 2.75) is 116 Å². The van der Waals surface area contributed by atoms with Crippen molar-refractivity contribution in [1.82, 2.24) is 14.5 Å². The first-order valence-electron chi connectivity index (χ1n) is 13.1. The Kier molecular flexibility index (Phi) is 8.10. The van der Waals surface area contributed by atoms with Gasteiger partial charge in [-0.2, -0.15) is 0 Å². The summed E-state index contributed by atoms with van der Waals surface area (Å²) in [4.78, 5) is 43.2. The number of amides is 2. The van der Waals surface area contributed by atoms with Gasteiger partial charge in [-0.3, -0.25) is 4.79 Å². The van der Waals surface area contributed by atoms with Crippen molar-refractivity contribution in [1.29, 1.82) is 0 Å². The van der Waals surface area contributed by atoms with E-state index < -0.39 is 34.8 Å².